The van der Waals surface area contributed by atoms with Crippen LogP contribution in [0.1, 0.15) is 26.6 Å². The lowest BCUT2D eigenvalue weighted by Gasteiger charge is -2.08. The van der Waals surface area contributed by atoms with Crippen LogP contribution in [0, 0.1) is 12.7 Å². The maximum Gasteiger partial charge on any atom is 0.251 e. The molecule has 6 heteroatoms. The summed E-state index contributed by atoms with van der Waals surface area (Å²) in [6.45, 7) is 2.49. The number of rotatable bonds is 6. The van der Waals surface area contributed by atoms with Gasteiger partial charge in [-0.25, -0.2) is 9.37 Å². The number of carbonyl (C=O) groups is 1. The van der Waals surface area contributed by atoms with Gasteiger partial charge in [0.2, 0.25) is 0 Å². The fraction of sp³-hybridized carbons (Fsp3) is 0.158. The van der Waals surface area contributed by atoms with Gasteiger partial charge in [0.05, 0.1) is 10.7 Å². The van der Waals surface area contributed by atoms with E-state index >= 15 is 0 Å². The van der Waals surface area contributed by atoms with Crippen LogP contribution in [-0.4, -0.2) is 10.9 Å². The van der Waals surface area contributed by atoms with Crippen LogP contribution < -0.4 is 10.1 Å². The van der Waals surface area contributed by atoms with Gasteiger partial charge in [-0.05, 0) is 37.3 Å². The van der Waals surface area contributed by atoms with Gasteiger partial charge in [-0.15, -0.1) is 11.3 Å². The van der Waals surface area contributed by atoms with Crippen LogP contribution in [0.3, 0.4) is 0 Å². The van der Waals surface area contributed by atoms with E-state index in [0.29, 0.717) is 23.5 Å². The lowest BCUT2D eigenvalue weighted by atomic mass is 10.2. The predicted octanol–water partition coefficient (Wildman–Crippen LogP) is 4.10. The summed E-state index contributed by atoms with van der Waals surface area (Å²) in [4.78, 5) is 16.5. The van der Waals surface area contributed by atoms with E-state index < -0.39 is 0 Å². The molecule has 0 bridgehead atoms. The summed E-state index contributed by atoms with van der Waals surface area (Å²) in [5, 5.41) is 5.67. The van der Waals surface area contributed by atoms with Crippen molar-refractivity contribution in [2.24, 2.45) is 0 Å². The molecule has 0 saturated carbocycles. The normalized spacial score (nSPS) is 10.5. The van der Waals surface area contributed by atoms with Gasteiger partial charge in [0.15, 0.2) is 0 Å². The van der Waals surface area contributed by atoms with Gasteiger partial charge in [-0.3, -0.25) is 4.79 Å². The second kappa shape index (κ2) is 7.90. The van der Waals surface area contributed by atoms with Crippen LogP contribution in [0.25, 0.3) is 0 Å². The number of hydrogen-bond acceptors (Lipinski definition) is 4. The smallest absolute Gasteiger partial charge is 0.251 e. The van der Waals surface area contributed by atoms with Crippen molar-refractivity contribution in [1.82, 2.24) is 10.3 Å². The Labute approximate surface area is 149 Å². The van der Waals surface area contributed by atoms with E-state index in [2.05, 4.69) is 10.3 Å². The number of aryl methyl sites for hydroxylation is 1. The standard InChI is InChI=1S/C19H17FN2O2S/c1-13-22-16(12-25-13)11-24-17-8-6-14(7-9-17)19(23)21-10-15-4-2-3-5-18(15)20/h2-9,12H,10-11H2,1H3,(H,21,23). The van der Waals surface area contributed by atoms with Crippen molar-refractivity contribution in [3.63, 3.8) is 0 Å². The maximum atomic E-state index is 13.5. The Hall–Kier alpha value is -2.73. The van der Waals surface area contributed by atoms with Crippen molar-refractivity contribution >= 4 is 17.2 Å². The number of nitrogens with zero attached hydrogens (tertiary/aromatic N) is 1. The molecule has 25 heavy (non-hydrogen) atoms. The Morgan fingerprint density at radius 2 is 1.96 bits per heavy atom. The van der Waals surface area contributed by atoms with Gasteiger partial charge in [0.1, 0.15) is 18.2 Å². The molecule has 0 radical (unpaired) electrons. The molecule has 0 spiro atoms. The van der Waals surface area contributed by atoms with Gasteiger partial charge in [-0.2, -0.15) is 0 Å². The first-order valence-corrected chi connectivity index (χ1v) is 8.65. The molecule has 0 aliphatic rings. The van der Waals surface area contributed by atoms with Crippen LogP contribution in [0.15, 0.2) is 53.9 Å². The molecule has 0 atom stereocenters. The molecule has 3 aromatic rings. The van der Waals surface area contributed by atoms with Crippen molar-refractivity contribution < 1.29 is 13.9 Å². The second-order valence-corrected chi connectivity index (χ2v) is 6.51. The number of thiazole rings is 1. The molecule has 0 fully saturated rings. The van der Waals surface area contributed by atoms with Gasteiger partial charge >= 0.3 is 0 Å². The third kappa shape index (κ3) is 4.64. The van der Waals surface area contributed by atoms with Crippen molar-refractivity contribution in [3.05, 3.63) is 81.6 Å². The summed E-state index contributed by atoms with van der Waals surface area (Å²) in [6, 6.07) is 13.2. The number of nitrogens with one attached hydrogen (secondary N) is 1. The summed E-state index contributed by atoms with van der Waals surface area (Å²) < 4.78 is 19.2. The highest BCUT2D eigenvalue weighted by Crippen LogP contribution is 2.16. The molecular weight excluding hydrogens is 339 g/mol. The number of ether oxygens (including phenoxy) is 1. The highest BCUT2D eigenvalue weighted by atomic mass is 32.1. The number of hydrogen-bond donors (Lipinski definition) is 1. The zero-order valence-electron chi connectivity index (χ0n) is 13.7. The van der Waals surface area contributed by atoms with E-state index in [-0.39, 0.29) is 18.3 Å². The summed E-state index contributed by atoms with van der Waals surface area (Å²) in [5.74, 6) is 0.0741. The molecule has 4 nitrogen and oxygen atoms in total. The van der Waals surface area contributed by atoms with Crippen molar-refractivity contribution in [1.29, 1.82) is 0 Å². The Kier molecular flexibility index (Phi) is 5.40. The zero-order chi connectivity index (χ0) is 17.6. The second-order valence-electron chi connectivity index (χ2n) is 5.45. The van der Waals surface area contributed by atoms with E-state index in [9.17, 15) is 9.18 Å². The third-order valence-electron chi connectivity index (χ3n) is 3.57. The van der Waals surface area contributed by atoms with Crippen LogP contribution >= 0.6 is 11.3 Å². The lowest BCUT2D eigenvalue weighted by molar-refractivity contribution is 0.0950. The summed E-state index contributed by atoms with van der Waals surface area (Å²) in [7, 11) is 0. The largest absolute Gasteiger partial charge is 0.487 e. The van der Waals surface area contributed by atoms with E-state index in [0.717, 1.165) is 10.7 Å². The number of halogens is 1. The van der Waals surface area contributed by atoms with E-state index in [1.54, 1.807) is 53.8 Å². The first-order valence-electron chi connectivity index (χ1n) is 7.77. The maximum absolute atomic E-state index is 13.5. The number of benzene rings is 2. The minimum absolute atomic E-state index is 0.146. The van der Waals surface area contributed by atoms with Gasteiger partial charge in [-0.1, -0.05) is 18.2 Å². The fourth-order valence-corrected chi connectivity index (χ4v) is 2.85. The molecule has 128 valence electrons. The quantitative estimate of drug-likeness (QED) is 0.723. The van der Waals surface area contributed by atoms with E-state index in [4.69, 9.17) is 4.74 Å². The molecule has 2 aromatic carbocycles. The first kappa shape index (κ1) is 17.1. The van der Waals surface area contributed by atoms with Gasteiger partial charge < -0.3 is 10.1 Å². The average Bonchev–Trinajstić information content (AvgIpc) is 3.05. The molecule has 0 unspecified atom stereocenters. The highest BCUT2D eigenvalue weighted by molar-refractivity contribution is 7.09. The Balaban J connectivity index is 1.54. The van der Waals surface area contributed by atoms with Crippen molar-refractivity contribution in [2.45, 2.75) is 20.1 Å². The zero-order valence-corrected chi connectivity index (χ0v) is 14.5. The Morgan fingerprint density at radius 3 is 2.64 bits per heavy atom. The van der Waals surface area contributed by atoms with Crippen LogP contribution in [0.4, 0.5) is 4.39 Å². The van der Waals surface area contributed by atoms with Crippen LogP contribution in [-0.2, 0) is 13.2 Å². The SMILES string of the molecule is Cc1nc(COc2ccc(C(=O)NCc3ccccc3F)cc2)cs1. The van der Waals surface area contributed by atoms with Crippen molar-refractivity contribution in [3.8, 4) is 5.75 Å². The predicted molar refractivity (Wildman–Crippen MR) is 95.2 cm³/mol. The highest BCUT2D eigenvalue weighted by Gasteiger charge is 2.08. The van der Waals surface area contributed by atoms with E-state index in [1.807, 2.05) is 12.3 Å². The van der Waals surface area contributed by atoms with Crippen LogP contribution in [0.5, 0.6) is 5.75 Å². The molecule has 1 amide bonds. The summed E-state index contributed by atoms with van der Waals surface area (Å²) in [5.41, 5.74) is 1.83. The molecule has 3 rings (SSSR count). The topological polar surface area (TPSA) is 51.2 Å². The molecule has 0 aliphatic carbocycles. The fourth-order valence-electron chi connectivity index (χ4n) is 2.25. The number of carbonyl (C=O) groups excluding carboxylic acids is 1. The average molecular weight is 356 g/mol. The molecule has 1 N–H and O–H groups in total. The molecule has 0 aliphatic heterocycles. The van der Waals surface area contributed by atoms with E-state index in [1.165, 1.54) is 6.07 Å². The number of amides is 1. The van der Waals surface area contributed by atoms with Crippen molar-refractivity contribution in [2.75, 3.05) is 0 Å². The minimum atomic E-state index is -0.330. The monoisotopic (exact) mass is 356 g/mol. The Morgan fingerprint density at radius 1 is 1.20 bits per heavy atom. The molecule has 1 aromatic heterocycles. The summed E-state index contributed by atoms with van der Waals surface area (Å²) in [6.07, 6.45) is 0. The first-order chi connectivity index (χ1) is 12.1. The van der Waals surface area contributed by atoms with Crippen LogP contribution in [0.2, 0.25) is 0 Å². The molecule has 0 saturated heterocycles. The molecule has 1 heterocycles. The number of aromatic nitrogens is 1. The minimum Gasteiger partial charge on any atom is -0.487 e. The molecular formula is C19H17FN2O2S. The van der Waals surface area contributed by atoms with Gasteiger partial charge in [0, 0.05) is 23.1 Å². The lowest BCUT2D eigenvalue weighted by Crippen LogP contribution is -2.23. The Bertz CT molecular complexity index is 862. The summed E-state index contributed by atoms with van der Waals surface area (Å²) >= 11 is 1.58. The van der Waals surface area contributed by atoms with Gasteiger partial charge in [0.25, 0.3) is 5.91 Å². The third-order valence-corrected chi connectivity index (χ3v) is 4.39.